The first-order valence-electron chi connectivity index (χ1n) is 8.32. The second kappa shape index (κ2) is 8.81. The topological polar surface area (TPSA) is 50.4 Å². The Morgan fingerprint density at radius 1 is 1.04 bits per heavy atom. The lowest BCUT2D eigenvalue weighted by Crippen LogP contribution is -2.30. The average molecular weight is 359 g/mol. The molecule has 2 aromatic rings. The van der Waals surface area contributed by atoms with Gasteiger partial charge in [-0.05, 0) is 48.4 Å². The normalized spacial score (nSPS) is 11.0. The minimum absolute atomic E-state index is 0.174. The number of rotatable bonds is 6. The monoisotopic (exact) mass is 358 g/mol. The second-order valence-corrected chi connectivity index (χ2v) is 8.62. The van der Waals surface area contributed by atoms with Crippen LogP contribution in [0, 0.1) is 0 Å². The van der Waals surface area contributed by atoms with Gasteiger partial charge >= 0.3 is 6.03 Å². The van der Waals surface area contributed by atoms with Crippen LogP contribution in [0.4, 0.5) is 10.5 Å². The van der Waals surface area contributed by atoms with E-state index < -0.39 is 0 Å². The molecule has 0 aliphatic heterocycles. The van der Waals surface area contributed by atoms with Crippen LogP contribution in [0.25, 0.3) is 0 Å². The van der Waals surface area contributed by atoms with Crippen molar-refractivity contribution in [1.82, 2.24) is 5.32 Å². The van der Waals surface area contributed by atoms with E-state index in [0.29, 0.717) is 6.54 Å². The molecule has 0 radical (unpaired) electrons. The van der Waals surface area contributed by atoms with Gasteiger partial charge in [0.05, 0.1) is 7.11 Å². The van der Waals surface area contributed by atoms with Crippen molar-refractivity contribution in [2.45, 2.75) is 36.8 Å². The third-order valence-corrected chi connectivity index (χ3v) is 4.51. The Kier molecular flexibility index (Phi) is 6.76. The average Bonchev–Trinajstić information content (AvgIpc) is 2.56. The Bertz CT molecular complexity index is 676. The van der Waals surface area contributed by atoms with Gasteiger partial charge in [0.25, 0.3) is 0 Å². The van der Waals surface area contributed by atoms with E-state index in [-0.39, 0.29) is 10.8 Å². The first-order valence-corrected chi connectivity index (χ1v) is 9.14. The van der Waals surface area contributed by atoms with Gasteiger partial charge in [0.15, 0.2) is 0 Å². The maximum Gasteiger partial charge on any atom is 0.319 e. The summed E-state index contributed by atoms with van der Waals surface area (Å²) >= 11 is 1.81. The van der Waals surface area contributed by atoms with E-state index in [1.807, 2.05) is 48.5 Å². The molecule has 2 rings (SSSR count). The molecular formula is C20H26N2O2S. The predicted molar refractivity (Wildman–Crippen MR) is 106 cm³/mol. The van der Waals surface area contributed by atoms with Gasteiger partial charge in [-0.2, -0.15) is 0 Å². The Labute approximate surface area is 154 Å². The molecule has 25 heavy (non-hydrogen) atoms. The molecule has 0 saturated heterocycles. The fraction of sp³-hybridized carbons (Fsp3) is 0.350. The molecule has 0 bridgehead atoms. The smallest absolute Gasteiger partial charge is 0.319 e. The van der Waals surface area contributed by atoms with Crippen molar-refractivity contribution in [2.75, 3.05) is 19.0 Å². The van der Waals surface area contributed by atoms with Gasteiger partial charge in [0.2, 0.25) is 0 Å². The van der Waals surface area contributed by atoms with E-state index >= 15 is 0 Å². The molecule has 2 aromatic carbocycles. The quantitative estimate of drug-likeness (QED) is 0.718. The number of urea groups is 1. The molecule has 0 aromatic heterocycles. The zero-order valence-electron chi connectivity index (χ0n) is 15.3. The Morgan fingerprint density at radius 2 is 1.68 bits per heavy atom. The molecule has 2 N–H and O–H groups in total. The van der Waals surface area contributed by atoms with Crippen molar-refractivity contribution in [3.8, 4) is 5.75 Å². The number of nitrogens with one attached hydrogen (secondary N) is 2. The van der Waals surface area contributed by atoms with Crippen LogP contribution in [-0.2, 0) is 6.42 Å². The van der Waals surface area contributed by atoms with E-state index in [1.54, 1.807) is 18.9 Å². The minimum atomic E-state index is -0.190. The summed E-state index contributed by atoms with van der Waals surface area (Å²) in [6, 6.07) is 15.6. The van der Waals surface area contributed by atoms with E-state index in [4.69, 9.17) is 4.74 Å². The molecule has 5 heteroatoms. The number of amides is 2. The fourth-order valence-corrected chi connectivity index (χ4v) is 3.23. The van der Waals surface area contributed by atoms with Crippen molar-refractivity contribution in [2.24, 2.45) is 0 Å². The third kappa shape index (κ3) is 7.10. The van der Waals surface area contributed by atoms with Gasteiger partial charge < -0.3 is 15.4 Å². The van der Waals surface area contributed by atoms with Gasteiger partial charge in [0.1, 0.15) is 5.75 Å². The van der Waals surface area contributed by atoms with Crippen molar-refractivity contribution in [3.05, 3.63) is 54.1 Å². The van der Waals surface area contributed by atoms with E-state index in [0.717, 1.165) is 23.4 Å². The van der Waals surface area contributed by atoms with Crippen LogP contribution in [-0.4, -0.2) is 24.4 Å². The number of benzene rings is 2. The molecule has 4 nitrogen and oxygen atoms in total. The minimum Gasteiger partial charge on any atom is -0.497 e. The van der Waals surface area contributed by atoms with Crippen LogP contribution in [0.15, 0.2) is 53.4 Å². The van der Waals surface area contributed by atoms with Crippen molar-refractivity contribution in [3.63, 3.8) is 0 Å². The van der Waals surface area contributed by atoms with Gasteiger partial charge in [-0.25, -0.2) is 4.79 Å². The number of methoxy groups -OCH3 is 1. The van der Waals surface area contributed by atoms with Crippen molar-refractivity contribution < 1.29 is 9.53 Å². The molecule has 0 saturated carbocycles. The first-order chi connectivity index (χ1) is 11.9. The van der Waals surface area contributed by atoms with E-state index in [1.165, 1.54) is 4.90 Å². The molecular weight excluding hydrogens is 332 g/mol. The number of carbonyl (C=O) groups excluding carboxylic acids is 1. The van der Waals surface area contributed by atoms with E-state index in [9.17, 15) is 4.79 Å². The largest absolute Gasteiger partial charge is 0.497 e. The number of anilines is 1. The van der Waals surface area contributed by atoms with Gasteiger partial charge in [-0.15, -0.1) is 11.8 Å². The highest BCUT2D eigenvalue weighted by molar-refractivity contribution is 8.00. The highest BCUT2D eigenvalue weighted by Gasteiger charge is 2.11. The molecule has 0 atom stereocenters. The van der Waals surface area contributed by atoms with Crippen LogP contribution in [0.5, 0.6) is 5.75 Å². The fourth-order valence-electron chi connectivity index (χ4n) is 2.25. The Balaban J connectivity index is 1.76. The number of hydrogen-bond acceptors (Lipinski definition) is 3. The summed E-state index contributed by atoms with van der Waals surface area (Å²) in [6.45, 7) is 7.12. The summed E-state index contributed by atoms with van der Waals surface area (Å²) in [4.78, 5) is 13.2. The number of ether oxygens (including phenoxy) is 1. The number of hydrogen-bond donors (Lipinski definition) is 2. The maximum atomic E-state index is 12.0. The molecule has 0 heterocycles. The molecule has 0 fully saturated rings. The van der Waals surface area contributed by atoms with Crippen LogP contribution in [0.2, 0.25) is 0 Å². The van der Waals surface area contributed by atoms with Crippen LogP contribution in [0.3, 0.4) is 0 Å². The summed E-state index contributed by atoms with van der Waals surface area (Å²) in [5, 5.41) is 5.73. The van der Waals surface area contributed by atoms with Crippen molar-refractivity contribution >= 4 is 23.5 Å². The lowest BCUT2D eigenvalue weighted by molar-refractivity contribution is 0.252. The Hall–Kier alpha value is -2.14. The standard InChI is InChI=1S/C20H26N2O2S/c1-20(2,3)25-18-11-7-16(8-12-18)22-19(23)21-14-13-15-5-9-17(24-4)10-6-15/h5-12H,13-14H2,1-4H3,(H2,21,22,23). The van der Waals surface area contributed by atoms with Crippen LogP contribution in [0.1, 0.15) is 26.3 Å². The summed E-state index contributed by atoms with van der Waals surface area (Å²) in [7, 11) is 1.65. The van der Waals surface area contributed by atoms with Gasteiger partial charge in [-0.3, -0.25) is 0 Å². The van der Waals surface area contributed by atoms with E-state index in [2.05, 4.69) is 31.4 Å². The molecule has 2 amide bonds. The summed E-state index contributed by atoms with van der Waals surface area (Å²) in [5.41, 5.74) is 1.95. The molecule has 0 unspecified atom stereocenters. The Morgan fingerprint density at radius 3 is 2.24 bits per heavy atom. The van der Waals surface area contributed by atoms with Crippen molar-refractivity contribution in [1.29, 1.82) is 0 Å². The number of carbonyl (C=O) groups is 1. The summed E-state index contributed by atoms with van der Waals surface area (Å²) in [5.74, 6) is 0.836. The lowest BCUT2D eigenvalue weighted by Gasteiger charge is -2.17. The van der Waals surface area contributed by atoms with Gasteiger partial charge in [0, 0.05) is 21.9 Å². The molecule has 0 aliphatic rings. The lowest BCUT2D eigenvalue weighted by atomic mass is 10.1. The predicted octanol–water partition coefficient (Wildman–Crippen LogP) is 4.95. The zero-order valence-corrected chi connectivity index (χ0v) is 16.1. The maximum absolute atomic E-state index is 12.0. The molecule has 0 aliphatic carbocycles. The third-order valence-electron chi connectivity index (χ3n) is 3.39. The highest BCUT2D eigenvalue weighted by atomic mass is 32.2. The summed E-state index contributed by atoms with van der Waals surface area (Å²) < 4.78 is 5.31. The van der Waals surface area contributed by atoms with Crippen LogP contribution >= 0.6 is 11.8 Å². The second-order valence-electron chi connectivity index (χ2n) is 6.72. The molecule has 134 valence electrons. The SMILES string of the molecule is COc1ccc(CCNC(=O)Nc2ccc(SC(C)(C)C)cc2)cc1. The van der Waals surface area contributed by atoms with Gasteiger partial charge in [-0.1, -0.05) is 32.9 Å². The molecule has 0 spiro atoms. The zero-order chi connectivity index (χ0) is 18.3. The highest BCUT2D eigenvalue weighted by Crippen LogP contribution is 2.32. The number of thioether (sulfide) groups is 1. The summed E-state index contributed by atoms with van der Waals surface area (Å²) in [6.07, 6.45) is 0.776. The first kappa shape index (κ1) is 19.2. The van der Waals surface area contributed by atoms with Crippen LogP contribution < -0.4 is 15.4 Å².